The second-order valence-electron chi connectivity index (χ2n) is 2.09. The summed E-state index contributed by atoms with van der Waals surface area (Å²) in [6.07, 6.45) is 4.81. The summed E-state index contributed by atoms with van der Waals surface area (Å²) in [4.78, 5) is 10.7. The molecule has 0 spiro atoms. The van der Waals surface area contributed by atoms with Crippen molar-refractivity contribution in [3.63, 3.8) is 0 Å². The number of nitrogens with two attached hydrogens (primary N) is 1. The van der Waals surface area contributed by atoms with E-state index in [9.17, 15) is 4.79 Å². The van der Waals surface area contributed by atoms with Crippen LogP contribution >= 0.6 is 0 Å². The molecule has 0 saturated carbocycles. The van der Waals surface area contributed by atoms with Gasteiger partial charge in [0.05, 0.1) is 0 Å². The number of rotatable bonds is 3. The second-order valence-corrected chi connectivity index (χ2v) is 2.09. The molecule has 0 aromatic rings. The average Bonchev–Trinajstić information content (AvgIpc) is 1.86. The zero-order chi connectivity index (χ0) is 8.69. The van der Waals surface area contributed by atoms with Gasteiger partial charge in [-0.05, 0) is 13.8 Å². The predicted molar refractivity (Wildman–Crippen MR) is 43.7 cm³/mol. The van der Waals surface area contributed by atoms with Gasteiger partial charge >= 0.3 is 5.97 Å². The first-order chi connectivity index (χ1) is 5.16. The van der Waals surface area contributed by atoms with Crippen molar-refractivity contribution in [2.75, 3.05) is 6.61 Å². The van der Waals surface area contributed by atoms with Crippen LogP contribution in [0.3, 0.4) is 0 Å². The molecule has 0 fully saturated rings. The standard InChI is InChI=1S/C8H13NO2/c1-3-4-5-11-8(10)6-7(2)9/h3-4,6H,5,9H2,1-2H3. The van der Waals surface area contributed by atoms with Crippen LogP contribution in [-0.4, -0.2) is 12.6 Å². The van der Waals surface area contributed by atoms with E-state index in [0.717, 1.165) is 0 Å². The van der Waals surface area contributed by atoms with Crippen LogP contribution in [0.5, 0.6) is 0 Å². The Bertz CT molecular complexity index is 179. The van der Waals surface area contributed by atoms with E-state index in [4.69, 9.17) is 10.5 Å². The molecule has 0 amide bonds. The van der Waals surface area contributed by atoms with Gasteiger partial charge in [0.25, 0.3) is 0 Å². The van der Waals surface area contributed by atoms with Crippen molar-refractivity contribution in [3.05, 3.63) is 23.9 Å². The first kappa shape index (κ1) is 9.75. The molecule has 0 aromatic carbocycles. The summed E-state index contributed by atoms with van der Waals surface area (Å²) in [6.45, 7) is 3.80. The van der Waals surface area contributed by atoms with Crippen LogP contribution in [0.25, 0.3) is 0 Å². The summed E-state index contributed by atoms with van der Waals surface area (Å²) in [5.41, 5.74) is 5.69. The first-order valence-corrected chi connectivity index (χ1v) is 3.38. The Morgan fingerprint density at radius 2 is 2.27 bits per heavy atom. The minimum atomic E-state index is -0.400. The Balaban J connectivity index is 3.62. The molecule has 0 unspecified atom stereocenters. The first-order valence-electron chi connectivity index (χ1n) is 3.38. The van der Waals surface area contributed by atoms with E-state index < -0.39 is 5.97 Å². The lowest BCUT2D eigenvalue weighted by Gasteiger charge is -1.95. The maximum absolute atomic E-state index is 10.7. The number of hydrogen-bond donors (Lipinski definition) is 1. The molecule has 0 aliphatic rings. The Labute approximate surface area is 66.5 Å². The molecule has 0 aromatic heterocycles. The van der Waals surface area contributed by atoms with Gasteiger partial charge in [0.2, 0.25) is 0 Å². The van der Waals surface area contributed by atoms with Crippen molar-refractivity contribution in [2.45, 2.75) is 13.8 Å². The minimum Gasteiger partial charge on any atom is -0.458 e. The highest BCUT2D eigenvalue weighted by Crippen LogP contribution is 1.85. The van der Waals surface area contributed by atoms with Crippen LogP contribution in [0.15, 0.2) is 23.9 Å². The fourth-order valence-electron chi connectivity index (χ4n) is 0.454. The molecule has 3 nitrogen and oxygen atoms in total. The molecule has 0 aliphatic heterocycles. The molecule has 0 atom stereocenters. The molecule has 62 valence electrons. The van der Waals surface area contributed by atoms with Gasteiger partial charge in [0.15, 0.2) is 0 Å². The van der Waals surface area contributed by atoms with Crippen LogP contribution < -0.4 is 5.73 Å². The Morgan fingerprint density at radius 3 is 2.73 bits per heavy atom. The van der Waals surface area contributed by atoms with Crippen molar-refractivity contribution in [3.8, 4) is 0 Å². The summed E-state index contributed by atoms with van der Waals surface area (Å²) in [6, 6.07) is 0. The number of hydrogen-bond acceptors (Lipinski definition) is 3. The number of allylic oxidation sites excluding steroid dienone is 2. The van der Waals surface area contributed by atoms with Crippen LogP contribution in [0.1, 0.15) is 13.8 Å². The van der Waals surface area contributed by atoms with E-state index >= 15 is 0 Å². The molecular formula is C8H13NO2. The van der Waals surface area contributed by atoms with E-state index in [2.05, 4.69) is 0 Å². The zero-order valence-electron chi connectivity index (χ0n) is 6.83. The second kappa shape index (κ2) is 5.53. The monoisotopic (exact) mass is 155 g/mol. The smallest absolute Gasteiger partial charge is 0.332 e. The van der Waals surface area contributed by atoms with Crippen molar-refractivity contribution < 1.29 is 9.53 Å². The van der Waals surface area contributed by atoms with Crippen molar-refractivity contribution in [1.82, 2.24) is 0 Å². The fourth-order valence-corrected chi connectivity index (χ4v) is 0.454. The molecule has 0 rings (SSSR count). The SMILES string of the molecule is CC=CCOC(=O)C=C(C)N. The summed E-state index contributed by atoms with van der Waals surface area (Å²) in [7, 11) is 0. The van der Waals surface area contributed by atoms with Gasteiger partial charge < -0.3 is 10.5 Å². The Kier molecular flexibility index (Phi) is 4.90. The van der Waals surface area contributed by atoms with Crippen LogP contribution in [0.2, 0.25) is 0 Å². The highest BCUT2D eigenvalue weighted by atomic mass is 16.5. The summed E-state index contributed by atoms with van der Waals surface area (Å²) in [5, 5.41) is 0. The molecule has 0 aliphatic carbocycles. The molecule has 0 heterocycles. The van der Waals surface area contributed by atoms with E-state index in [1.807, 2.05) is 13.0 Å². The molecule has 2 N–H and O–H groups in total. The van der Waals surface area contributed by atoms with E-state index in [1.165, 1.54) is 6.08 Å². The predicted octanol–water partition coefficient (Wildman–Crippen LogP) is 0.968. The molecular weight excluding hydrogens is 142 g/mol. The van der Waals surface area contributed by atoms with Crippen LogP contribution in [0, 0.1) is 0 Å². The molecule has 0 bridgehead atoms. The lowest BCUT2D eigenvalue weighted by atomic mass is 10.4. The molecule has 3 heteroatoms. The lowest BCUT2D eigenvalue weighted by molar-refractivity contribution is -0.136. The van der Waals surface area contributed by atoms with Crippen molar-refractivity contribution in [1.29, 1.82) is 0 Å². The zero-order valence-corrected chi connectivity index (χ0v) is 6.83. The summed E-state index contributed by atoms with van der Waals surface area (Å²) < 4.78 is 4.71. The van der Waals surface area contributed by atoms with Gasteiger partial charge in [-0.25, -0.2) is 4.79 Å². The maximum atomic E-state index is 10.7. The number of ether oxygens (including phenoxy) is 1. The van der Waals surface area contributed by atoms with Gasteiger partial charge in [-0.3, -0.25) is 0 Å². The minimum absolute atomic E-state index is 0.305. The number of carbonyl (C=O) groups is 1. The highest BCUT2D eigenvalue weighted by Gasteiger charge is 1.93. The molecule has 11 heavy (non-hydrogen) atoms. The van der Waals surface area contributed by atoms with Gasteiger partial charge in [-0.15, -0.1) is 0 Å². The number of esters is 1. The molecule has 0 saturated heterocycles. The Morgan fingerprint density at radius 1 is 1.64 bits per heavy atom. The van der Waals surface area contributed by atoms with Gasteiger partial charge in [0.1, 0.15) is 6.61 Å². The quantitative estimate of drug-likeness (QED) is 0.375. The van der Waals surface area contributed by atoms with Crippen LogP contribution in [-0.2, 0) is 9.53 Å². The van der Waals surface area contributed by atoms with E-state index in [1.54, 1.807) is 13.0 Å². The largest absolute Gasteiger partial charge is 0.458 e. The van der Waals surface area contributed by atoms with Crippen molar-refractivity contribution >= 4 is 5.97 Å². The summed E-state index contributed by atoms with van der Waals surface area (Å²) in [5.74, 6) is -0.400. The van der Waals surface area contributed by atoms with Crippen LogP contribution in [0.4, 0.5) is 0 Å². The topological polar surface area (TPSA) is 52.3 Å². The lowest BCUT2D eigenvalue weighted by Crippen LogP contribution is -2.03. The highest BCUT2D eigenvalue weighted by molar-refractivity contribution is 5.82. The Hall–Kier alpha value is -1.25. The third-order valence-electron chi connectivity index (χ3n) is 0.903. The normalized spacial score (nSPS) is 12.0. The summed E-state index contributed by atoms with van der Waals surface area (Å²) >= 11 is 0. The number of carbonyl (C=O) groups excluding carboxylic acids is 1. The van der Waals surface area contributed by atoms with E-state index in [-0.39, 0.29) is 0 Å². The van der Waals surface area contributed by atoms with Crippen molar-refractivity contribution in [2.24, 2.45) is 5.73 Å². The van der Waals surface area contributed by atoms with Gasteiger partial charge in [0, 0.05) is 11.8 Å². The van der Waals surface area contributed by atoms with Gasteiger partial charge in [-0.1, -0.05) is 12.2 Å². The average molecular weight is 155 g/mol. The maximum Gasteiger partial charge on any atom is 0.332 e. The third-order valence-corrected chi connectivity index (χ3v) is 0.903. The molecule has 0 radical (unpaired) electrons. The fraction of sp³-hybridized carbons (Fsp3) is 0.375. The van der Waals surface area contributed by atoms with Gasteiger partial charge in [-0.2, -0.15) is 0 Å². The van der Waals surface area contributed by atoms with E-state index in [0.29, 0.717) is 12.3 Å². The third kappa shape index (κ3) is 6.64.